The van der Waals surface area contributed by atoms with E-state index in [0.717, 1.165) is 6.42 Å². The van der Waals surface area contributed by atoms with Crippen molar-refractivity contribution in [1.29, 1.82) is 0 Å². The van der Waals surface area contributed by atoms with Gasteiger partial charge in [0.05, 0.1) is 6.04 Å². The van der Waals surface area contributed by atoms with E-state index in [9.17, 15) is 0 Å². The van der Waals surface area contributed by atoms with E-state index in [2.05, 4.69) is 27.3 Å². The lowest BCUT2D eigenvalue weighted by Gasteiger charge is -2.03. The molecule has 0 amide bonds. The van der Waals surface area contributed by atoms with Gasteiger partial charge in [-0.05, 0) is 12.0 Å². The molecule has 0 fully saturated rings. The molecule has 5 heteroatoms. The number of nitrogens with zero attached hydrogens (tertiary/aromatic N) is 3. The SMILES string of the molecule is c1ccc(CC2COC(c3ncno3)=N2)cc1. The quantitative estimate of drug-likeness (QED) is 0.799. The van der Waals surface area contributed by atoms with Crippen LogP contribution in [0.15, 0.2) is 46.2 Å². The lowest BCUT2D eigenvalue weighted by Crippen LogP contribution is -2.09. The maximum Gasteiger partial charge on any atom is 0.312 e. The van der Waals surface area contributed by atoms with Gasteiger partial charge in [0.25, 0.3) is 5.90 Å². The van der Waals surface area contributed by atoms with Crippen molar-refractivity contribution in [2.45, 2.75) is 12.5 Å². The Balaban J connectivity index is 1.71. The number of aromatic nitrogens is 2. The highest BCUT2D eigenvalue weighted by molar-refractivity contribution is 5.90. The van der Waals surface area contributed by atoms with E-state index < -0.39 is 0 Å². The molecule has 0 spiro atoms. The van der Waals surface area contributed by atoms with E-state index in [-0.39, 0.29) is 6.04 Å². The first-order chi connectivity index (χ1) is 8.42. The van der Waals surface area contributed by atoms with Gasteiger partial charge in [0, 0.05) is 0 Å². The van der Waals surface area contributed by atoms with E-state index in [1.807, 2.05) is 18.2 Å². The molecule has 0 N–H and O–H groups in total. The van der Waals surface area contributed by atoms with Gasteiger partial charge in [-0.3, -0.25) is 0 Å². The highest BCUT2D eigenvalue weighted by atomic mass is 16.5. The highest BCUT2D eigenvalue weighted by Crippen LogP contribution is 2.14. The molecular formula is C12H11N3O2. The number of benzene rings is 1. The minimum Gasteiger partial charge on any atom is -0.472 e. The van der Waals surface area contributed by atoms with Crippen molar-refractivity contribution in [2.75, 3.05) is 6.61 Å². The van der Waals surface area contributed by atoms with Crippen LogP contribution in [0.3, 0.4) is 0 Å². The van der Waals surface area contributed by atoms with Gasteiger partial charge in [-0.1, -0.05) is 35.5 Å². The standard InChI is InChI=1S/C12H11N3O2/c1-2-4-9(5-3-1)6-10-7-16-12(15-10)11-13-8-14-17-11/h1-5,8,10H,6-7H2. The van der Waals surface area contributed by atoms with Crippen molar-refractivity contribution in [3.05, 3.63) is 48.1 Å². The summed E-state index contributed by atoms with van der Waals surface area (Å²) in [7, 11) is 0. The van der Waals surface area contributed by atoms with Crippen LogP contribution in [0.1, 0.15) is 11.5 Å². The molecule has 1 aliphatic heterocycles. The first-order valence-corrected chi connectivity index (χ1v) is 5.43. The molecule has 86 valence electrons. The predicted molar refractivity (Wildman–Crippen MR) is 60.7 cm³/mol. The molecule has 3 rings (SSSR count). The van der Waals surface area contributed by atoms with Crippen LogP contribution < -0.4 is 0 Å². The van der Waals surface area contributed by atoms with E-state index in [1.165, 1.54) is 11.9 Å². The summed E-state index contributed by atoms with van der Waals surface area (Å²) < 4.78 is 10.3. The summed E-state index contributed by atoms with van der Waals surface area (Å²) in [5.74, 6) is 0.795. The van der Waals surface area contributed by atoms with Gasteiger partial charge in [-0.2, -0.15) is 4.98 Å². The highest BCUT2D eigenvalue weighted by Gasteiger charge is 2.23. The molecule has 17 heavy (non-hydrogen) atoms. The third kappa shape index (κ3) is 2.18. The minimum absolute atomic E-state index is 0.124. The second kappa shape index (κ2) is 4.37. The molecule has 2 heterocycles. The molecule has 5 nitrogen and oxygen atoms in total. The van der Waals surface area contributed by atoms with Crippen LogP contribution in [0.2, 0.25) is 0 Å². The number of hydrogen-bond acceptors (Lipinski definition) is 5. The molecule has 1 aromatic heterocycles. The van der Waals surface area contributed by atoms with Gasteiger partial charge in [0.2, 0.25) is 0 Å². The largest absolute Gasteiger partial charge is 0.472 e. The summed E-state index contributed by atoms with van der Waals surface area (Å²) in [5, 5.41) is 3.53. The third-order valence-electron chi connectivity index (χ3n) is 2.57. The molecule has 0 radical (unpaired) electrons. The molecule has 0 saturated heterocycles. The first kappa shape index (κ1) is 10.0. The Labute approximate surface area is 98.1 Å². The fraction of sp³-hybridized carbons (Fsp3) is 0.250. The monoisotopic (exact) mass is 229 g/mol. The van der Waals surface area contributed by atoms with Gasteiger partial charge in [0.15, 0.2) is 6.33 Å². The molecule has 1 unspecified atom stereocenters. The maximum atomic E-state index is 5.44. The lowest BCUT2D eigenvalue weighted by atomic mass is 10.1. The van der Waals surface area contributed by atoms with Crippen molar-refractivity contribution >= 4 is 5.90 Å². The minimum atomic E-state index is 0.124. The molecule has 1 atom stereocenters. The molecule has 2 aromatic rings. The smallest absolute Gasteiger partial charge is 0.312 e. The van der Waals surface area contributed by atoms with Crippen molar-refractivity contribution in [2.24, 2.45) is 4.99 Å². The average Bonchev–Trinajstić information content (AvgIpc) is 3.00. The third-order valence-corrected chi connectivity index (χ3v) is 2.57. The summed E-state index contributed by atoms with van der Waals surface area (Å²) >= 11 is 0. The van der Waals surface area contributed by atoms with E-state index in [4.69, 9.17) is 9.26 Å². The second-order valence-corrected chi connectivity index (χ2v) is 3.84. The van der Waals surface area contributed by atoms with Crippen molar-refractivity contribution in [3.8, 4) is 0 Å². The Kier molecular flexibility index (Phi) is 2.57. The van der Waals surface area contributed by atoms with Gasteiger partial charge in [0.1, 0.15) is 6.61 Å². The Morgan fingerprint density at radius 3 is 2.88 bits per heavy atom. The Hall–Kier alpha value is -2.17. The second-order valence-electron chi connectivity index (χ2n) is 3.84. The normalized spacial score (nSPS) is 18.8. The molecule has 0 saturated carbocycles. The van der Waals surface area contributed by atoms with Gasteiger partial charge < -0.3 is 9.26 Å². The number of hydrogen-bond donors (Lipinski definition) is 0. The van der Waals surface area contributed by atoms with E-state index in [1.54, 1.807) is 0 Å². The van der Waals surface area contributed by atoms with Gasteiger partial charge >= 0.3 is 5.89 Å². The zero-order valence-corrected chi connectivity index (χ0v) is 9.11. The molecule has 1 aliphatic rings. The molecule has 0 bridgehead atoms. The summed E-state index contributed by atoms with van der Waals surface area (Å²) in [6.45, 7) is 0.562. The first-order valence-electron chi connectivity index (χ1n) is 5.43. The van der Waals surface area contributed by atoms with Crippen LogP contribution >= 0.6 is 0 Å². The van der Waals surface area contributed by atoms with Crippen molar-refractivity contribution < 1.29 is 9.26 Å². The molecular weight excluding hydrogens is 218 g/mol. The fourth-order valence-corrected chi connectivity index (χ4v) is 1.79. The van der Waals surface area contributed by atoms with Crippen LogP contribution in [0.5, 0.6) is 0 Å². The van der Waals surface area contributed by atoms with E-state index >= 15 is 0 Å². The van der Waals surface area contributed by atoms with Crippen LogP contribution in [0, 0.1) is 0 Å². The van der Waals surface area contributed by atoms with Crippen LogP contribution in [0.4, 0.5) is 0 Å². The van der Waals surface area contributed by atoms with Crippen molar-refractivity contribution in [3.63, 3.8) is 0 Å². The van der Waals surface area contributed by atoms with Crippen LogP contribution in [0.25, 0.3) is 0 Å². The lowest BCUT2D eigenvalue weighted by molar-refractivity contribution is 0.302. The summed E-state index contributed by atoms with van der Waals surface area (Å²) in [4.78, 5) is 8.33. The maximum absolute atomic E-state index is 5.44. The summed E-state index contributed by atoms with van der Waals surface area (Å²) in [5.41, 5.74) is 1.25. The average molecular weight is 229 g/mol. The topological polar surface area (TPSA) is 60.5 Å². The Morgan fingerprint density at radius 2 is 2.12 bits per heavy atom. The zero-order chi connectivity index (χ0) is 11.5. The number of rotatable bonds is 3. The number of aliphatic imine (C=N–C) groups is 1. The fourth-order valence-electron chi connectivity index (χ4n) is 1.79. The summed E-state index contributed by atoms with van der Waals surface area (Å²) in [6, 6.07) is 10.3. The van der Waals surface area contributed by atoms with Crippen molar-refractivity contribution in [1.82, 2.24) is 10.1 Å². The van der Waals surface area contributed by atoms with Crippen LogP contribution in [-0.2, 0) is 11.2 Å². The number of ether oxygens (including phenoxy) is 1. The molecule has 1 aromatic carbocycles. The zero-order valence-electron chi connectivity index (χ0n) is 9.11. The van der Waals surface area contributed by atoms with Gasteiger partial charge in [-0.25, -0.2) is 4.99 Å². The Morgan fingerprint density at radius 1 is 1.24 bits per heavy atom. The predicted octanol–water partition coefficient (Wildman–Crippen LogP) is 1.46. The van der Waals surface area contributed by atoms with Crippen LogP contribution in [-0.4, -0.2) is 28.7 Å². The van der Waals surface area contributed by atoms with E-state index in [0.29, 0.717) is 18.4 Å². The van der Waals surface area contributed by atoms with Gasteiger partial charge in [-0.15, -0.1) is 0 Å². The Bertz CT molecular complexity index is 508. The molecule has 0 aliphatic carbocycles. The summed E-state index contributed by atoms with van der Waals surface area (Å²) in [6.07, 6.45) is 2.20.